The van der Waals surface area contributed by atoms with Crippen molar-refractivity contribution in [3.05, 3.63) is 34.9 Å². The van der Waals surface area contributed by atoms with Crippen molar-refractivity contribution in [2.45, 2.75) is 51.0 Å². The summed E-state index contributed by atoms with van der Waals surface area (Å²) in [7, 11) is 0. The van der Waals surface area contributed by atoms with Gasteiger partial charge in [0.25, 0.3) is 0 Å². The van der Waals surface area contributed by atoms with Crippen molar-refractivity contribution in [2.24, 2.45) is 11.7 Å². The van der Waals surface area contributed by atoms with E-state index in [-0.39, 0.29) is 24.2 Å². The van der Waals surface area contributed by atoms with Gasteiger partial charge in [0.2, 0.25) is 5.91 Å². The lowest BCUT2D eigenvalue weighted by molar-refractivity contribution is -0.133. The van der Waals surface area contributed by atoms with E-state index in [2.05, 4.69) is 0 Å². The molecule has 25 heavy (non-hydrogen) atoms. The second-order valence-electron chi connectivity index (χ2n) is 6.67. The van der Waals surface area contributed by atoms with Gasteiger partial charge in [-0.05, 0) is 55.8 Å². The number of aliphatic hydroxyl groups is 1. The summed E-state index contributed by atoms with van der Waals surface area (Å²) in [6.07, 6.45) is 6.04. The van der Waals surface area contributed by atoms with E-state index in [4.69, 9.17) is 17.3 Å². The van der Waals surface area contributed by atoms with Gasteiger partial charge in [-0.15, -0.1) is 12.4 Å². The molecule has 0 spiro atoms. The van der Waals surface area contributed by atoms with Crippen LogP contribution in [0.3, 0.4) is 0 Å². The molecule has 1 saturated heterocycles. The number of aliphatic hydroxyl groups excluding tert-OH is 1. The van der Waals surface area contributed by atoms with E-state index in [0.717, 1.165) is 63.7 Å². The maximum absolute atomic E-state index is 12.2. The highest BCUT2D eigenvalue weighted by Crippen LogP contribution is 2.31. The molecule has 1 fully saturated rings. The monoisotopic (exact) mass is 388 g/mol. The van der Waals surface area contributed by atoms with Gasteiger partial charge in [-0.3, -0.25) is 4.79 Å². The normalized spacial score (nSPS) is 16.4. The first-order chi connectivity index (χ1) is 11.6. The van der Waals surface area contributed by atoms with Crippen molar-refractivity contribution in [1.82, 2.24) is 4.90 Å². The first kappa shape index (κ1) is 22.2. The zero-order valence-corrected chi connectivity index (χ0v) is 16.3. The minimum atomic E-state index is -0.476. The molecule has 1 aromatic rings. The fraction of sp³-hybridized carbons (Fsp3) is 0.632. The Morgan fingerprint density at radius 2 is 1.76 bits per heavy atom. The lowest BCUT2D eigenvalue weighted by atomic mass is 9.87. The predicted octanol–water partition coefficient (Wildman–Crippen LogP) is 3.94. The van der Waals surface area contributed by atoms with E-state index in [9.17, 15) is 9.90 Å². The smallest absolute Gasteiger partial charge is 0.222 e. The topological polar surface area (TPSA) is 66.6 Å². The molecular weight excluding hydrogens is 359 g/mol. The lowest BCUT2D eigenvalue weighted by Crippen LogP contribution is -2.39. The maximum atomic E-state index is 12.2. The summed E-state index contributed by atoms with van der Waals surface area (Å²) >= 11 is 5.89. The number of rotatable bonds is 8. The summed E-state index contributed by atoms with van der Waals surface area (Å²) in [6.45, 7) is 2.23. The number of unbranched alkanes of at least 4 members (excludes halogenated alkanes) is 3. The number of likely N-dealkylation sites (tertiary alicyclic amines) is 1. The fourth-order valence-electron chi connectivity index (χ4n) is 3.33. The van der Waals surface area contributed by atoms with Gasteiger partial charge in [0.15, 0.2) is 0 Å². The van der Waals surface area contributed by atoms with Crippen LogP contribution in [-0.4, -0.2) is 35.5 Å². The predicted molar refractivity (Wildman–Crippen MR) is 105 cm³/mol. The summed E-state index contributed by atoms with van der Waals surface area (Å²) in [5, 5.41) is 11.2. The average Bonchev–Trinajstić information content (AvgIpc) is 2.61. The third-order valence-corrected chi connectivity index (χ3v) is 5.15. The third kappa shape index (κ3) is 7.14. The Bertz CT molecular complexity index is 503. The first-order valence-corrected chi connectivity index (χ1v) is 9.41. The molecule has 1 aliphatic heterocycles. The molecule has 1 aliphatic rings. The molecule has 1 atom stereocenters. The fourth-order valence-corrected chi connectivity index (χ4v) is 3.45. The zero-order valence-electron chi connectivity index (χ0n) is 14.7. The number of hydrogen-bond acceptors (Lipinski definition) is 3. The van der Waals surface area contributed by atoms with Crippen LogP contribution < -0.4 is 5.73 Å². The molecule has 1 heterocycles. The number of halogens is 2. The van der Waals surface area contributed by atoms with Crippen molar-refractivity contribution in [1.29, 1.82) is 0 Å². The summed E-state index contributed by atoms with van der Waals surface area (Å²) in [4.78, 5) is 14.2. The molecule has 0 bridgehead atoms. The molecule has 2 rings (SSSR count). The number of nitrogens with two attached hydrogens (primary N) is 1. The SMILES string of the molecule is Cl.NCCCCCCC(=O)N1CCC(C(O)c2ccc(Cl)cc2)CC1. The number of hydrogen-bond donors (Lipinski definition) is 2. The molecule has 1 unspecified atom stereocenters. The van der Waals surface area contributed by atoms with Gasteiger partial charge in [0, 0.05) is 24.5 Å². The Hall–Kier alpha value is -0.810. The van der Waals surface area contributed by atoms with Crippen LogP contribution in [0.25, 0.3) is 0 Å². The quantitative estimate of drug-likeness (QED) is 0.662. The average molecular weight is 389 g/mol. The van der Waals surface area contributed by atoms with E-state index in [1.54, 1.807) is 0 Å². The highest BCUT2D eigenvalue weighted by molar-refractivity contribution is 6.30. The van der Waals surface area contributed by atoms with Crippen LogP contribution in [0.5, 0.6) is 0 Å². The van der Waals surface area contributed by atoms with E-state index in [0.29, 0.717) is 11.4 Å². The van der Waals surface area contributed by atoms with Crippen LogP contribution in [0.4, 0.5) is 0 Å². The van der Waals surface area contributed by atoms with Crippen LogP contribution in [0.1, 0.15) is 56.6 Å². The van der Waals surface area contributed by atoms with Gasteiger partial charge in [0.1, 0.15) is 0 Å². The van der Waals surface area contributed by atoms with Gasteiger partial charge >= 0.3 is 0 Å². The number of benzene rings is 1. The Kier molecular flexibility index (Phi) is 10.4. The van der Waals surface area contributed by atoms with E-state index in [1.807, 2.05) is 29.2 Å². The lowest BCUT2D eigenvalue weighted by Gasteiger charge is -2.34. The summed E-state index contributed by atoms with van der Waals surface area (Å²) in [5.41, 5.74) is 6.38. The Labute approximate surface area is 162 Å². The molecule has 0 aliphatic carbocycles. The Morgan fingerprint density at radius 1 is 1.16 bits per heavy atom. The van der Waals surface area contributed by atoms with E-state index < -0.39 is 6.10 Å². The summed E-state index contributed by atoms with van der Waals surface area (Å²) < 4.78 is 0. The molecule has 142 valence electrons. The molecule has 0 aromatic heterocycles. The molecule has 1 aromatic carbocycles. The van der Waals surface area contributed by atoms with Crippen molar-refractivity contribution >= 4 is 29.9 Å². The van der Waals surface area contributed by atoms with Crippen molar-refractivity contribution < 1.29 is 9.90 Å². The molecule has 6 heteroatoms. The second kappa shape index (κ2) is 11.7. The minimum absolute atomic E-state index is 0. The number of carbonyl (C=O) groups is 1. The number of carbonyl (C=O) groups excluding carboxylic acids is 1. The Morgan fingerprint density at radius 3 is 2.36 bits per heavy atom. The van der Waals surface area contributed by atoms with E-state index >= 15 is 0 Å². The van der Waals surface area contributed by atoms with Crippen LogP contribution in [-0.2, 0) is 4.79 Å². The van der Waals surface area contributed by atoms with Gasteiger partial charge in [-0.25, -0.2) is 0 Å². The van der Waals surface area contributed by atoms with Crippen LogP contribution >= 0.6 is 24.0 Å². The first-order valence-electron chi connectivity index (χ1n) is 9.03. The van der Waals surface area contributed by atoms with Crippen molar-refractivity contribution in [3.8, 4) is 0 Å². The highest BCUT2D eigenvalue weighted by atomic mass is 35.5. The molecule has 4 nitrogen and oxygen atoms in total. The third-order valence-electron chi connectivity index (χ3n) is 4.90. The second-order valence-corrected chi connectivity index (χ2v) is 7.10. The molecular formula is C19H30Cl2N2O2. The van der Waals surface area contributed by atoms with Gasteiger partial charge in [-0.1, -0.05) is 36.6 Å². The van der Waals surface area contributed by atoms with Gasteiger partial charge in [-0.2, -0.15) is 0 Å². The summed E-state index contributed by atoms with van der Waals surface area (Å²) in [6, 6.07) is 7.38. The van der Waals surface area contributed by atoms with Gasteiger partial charge in [0.05, 0.1) is 6.10 Å². The zero-order chi connectivity index (χ0) is 17.4. The van der Waals surface area contributed by atoms with Crippen LogP contribution in [0.2, 0.25) is 5.02 Å². The van der Waals surface area contributed by atoms with Crippen molar-refractivity contribution in [2.75, 3.05) is 19.6 Å². The minimum Gasteiger partial charge on any atom is -0.388 e. The molecule has 3 N–H and O–H groups in total. The van der Waals surface area contributed by atoms with Crippen molar-refractivity contribution in [3.63, 3.8) is 0 Å². The standard InChI is InChI=1S/C19H29ClN2O2.ClH/c20-17-8-6-15(7-9-17)19(24)16-10-13-22(14-11-16)18(23)5-3-1-2-4-12-21;/h6-9,16,19,24H,1-5,10-14,21H2;1H. The largest absolute Gasteiger partial charge is 0.388 e. The Balaban J connectivity index is 0.00000312. The molecule has 0 saturated carbocycles. The summed E-state index contributed by atoms with van der Waals surface area (Å²) in [5.74, 6) is 0.460. The number of piperidine rings is 1. The molecule has 0 radical (unpaired) electrons. The van der Waals surface area contributed by atoms with Crippen LogP contribution in [0, 0.1) is 5.92 Å². The number of amides is 1. The molecule has 1 amide bonds. The highest BCUT2D eigenvalue weighted by Gasteiger charge is 2.27. The van der Waals surface area contributed by atoms with Gasteiger partial charge < -0.3 is 15.7 Å². The number of nitrogens with zero attached hydrogens (tertiary/aromatic N) is 1. The maximum Gasteiger partial charge on any atom is 0.222 e. The van der Waals surface area contributed by atoms with E-state index in [1.165, 1.54) is 0 Å². The van der Waals surface area contributed by atoms with Crippen LogP contribution in [0.15, 0.2) is 24.3 Å².